The van der Waals surface area contributed by atoms with E-state index in [9.17, 15) is 18.3 Å². The Morgan fingerprint density at radius 1 is 1.28 bits per heavy atom. The molecule has 1 aliphatic rings. The Morgan fingerprint density at radius 3 is 2.67 bits per heavy atom. The highest BCUT2D eigenvalue weighted by molar-refractivity contribution is 5.39. The van der Waals surface area contributed by atoms with Crippen LogP contribution in [0.15, 0.2) is 18.3 Å². The SMILES string of the molecule is O[C@H]1CCCC[C@@H]1Nc1cc(C(F)(F)F)ccn1. The summed E-state index contributed by atoms with van der Waals surface area (Å²) in [5, 5.41) is 12.6. The number of hydrogen-bond donors (Lipinski definition) is 2. The number of aromatic nitrogens is 1. The van der Waals surface area contributed by atoms with E-state index in [1.165, 1.54) is 0 Å². The molecule has 0 saturated heterocycles. The Kier molecular flexibility index (Phi) is 3.75. The van der Waals surface area contributed by atoms with Gasteiger partial charge in [0.15, 0.2) is 0 Å². The Hall–Kier alpha value is -1.30. The summed E-state index contributed by atoms with van der Waals surface area (Å²) >= 11 is 0. The van der Waals surface area contributed by atoms with Crippen molar-refractivity contribution in [3.05, 3.63) is 23.9 Å². The molecule has 6 heteroatoms. The minimum Gasteiger partial charge on any atom is -0.391 e. The summed E-state index contributed by atoms with van der Waals surface area (Å²) in [5.41, 5.74) is -0.731. The standard InChI is InChI=1S/C12H15F3N2O/c13-12(14,15)8-5-6-16-11(7-8)17-9-3-1-2-4-10(9)18/h5-7,9-10,18H,1-4H2,(H,16,17)/t9-,10-/m0/s1. The summed E-state index contributed by atoms with van der Waals surface area (Å²) in [4.78, 5) is 3.86. The zero-order chi connectivity index (χ0) is 13.2. The number of halogens is 3. The summed E-state index contributed by atoms with van der Waals surface area (Å²) in [5.74, 6) is 0.163. The molecule has 0 amide bonds. The highest BCUT2D eigenvalue weighted by Gasteiger charge is 2.31. The van der Waals surface area contributed by atoms with Crippen LogP contribution in [0.1, 0.15) is 31.2 Å². The molecule has 2 N–H and O–H groups in total. The van der Waals surface area contributed by atoms with Gasteiger partial charge in [0.05, 0.1) is 17.7 Å². The molecule has 0 aromatic carbocycles. The molecule has 100 valence electrons. The molecule has 1 aromatic rings. The average molecular weight is 260 g/mol. The lowest BCUT2D eigenvalue weighted by Gasteiger charge is -2.28. The molecule has 0 spiro atoms. The number of nitrogens with one attached hydrogen (secondary N) is 1. The maximum atomic E-state index is 12.5. The van der Waals surface area contributed by atoms with E-state index < -0.39 is 17.8 Å². The van der Waals surface area contributed by atoms with E-state index in [1.807, 2.05) is 0 Å². The van der Waals surface area contributed by atoms with Crippen molar-refractivity contribution in [1.82, 2.24) is 4.98 Å². The van der Waals surface area contributed by atoms with Gasteiger partial charge < -0.3 is 10.4 Å². The van der Waals surface area contributed by atoms with Crippen LogP contribution < -0.4 is 5.32 Å². The third-order valence-electron chi connectivity index (χ3n) is 3.15. The number of aliphatic hydroxyl groups excluding tert-OH is 1. The highest BCUT2D eigenvalue weighted by Crippen LogP contribution is 2.30. The van der Waals surface area contributed by atoms with E-state index in [0.717, 1.165) is 37.6 Å². The lowest BCUT2D eigenvalue weighted by Crippen LogP contribution is -2.36. The van der Waals surface area contributed by atoms with Crippen molar-refractivity contribution in [1.29, 1.82) is 0 Å². The summed E-state index contributed by atoms with van der Waals surface area (Å²) in [6.07, 6.45) is -0.418. The maximum Gasteiger partial charge on any atom is 0.416 e. The van der Waals surface area contributed by atoms with Crippen molar-refractivity contribution in [2.24, 2.45) is 0 Å². The maximum absolute atomic E-state index is 12.5. The molecule has 1 heterocycles. The second-order valence-electron chi connectivity index (χ2n) is 4.53. The van der Waals surface area contributed by atoms with Crippen molar-refractivity contribution in [2.75, 3.05) is 5.32 Å². The molecule has 2 rings (SSSR count). The number of anilines is 1. The number of pyridine rings is 1. The quantitative estimate of drug-likeness (QED) is 0.859. The average Bonchev–Trinajstić information content (AvgIpc) is 2.31. The molecule has 0 unspecified atom stereocenters. The largest absolute Gasteiger partial charge is 0.416 e. The molecule has 2 atom stereocenters. The molecule has 0 bridgehead atoms. The minimum atomic E-state index is -4.37. The van der Waals surface area contributed by atoms with Crippen LogP contribution in [0.2, 0.25) is 0 Å². The summed E-state index contributed by atoms with van der Waals surface area (Å²) < 4.78 is 37.6. The van der Waals surface area contributed by atoms with E-state index >= 15 is 0 Å². The van der Waals surface area contributed by atoms with Crippen LogP contribution in [-0.4, -0.2) is 22.2 Å². The number of rotatable bonds is 2. The predicted molar refractivity (Wildman–Crippen MR) is 61.1 cm³/mol. The zero-order valence-electron chi connectivity index (χ0n) is 9.74. The highest BCUT2D eigenvalue weighted by atomic mass is 19.4. The molecule has 1 aliphatic carbocycles. The van der Waals surface area contributed by atoms with Crippen molar-refractivity contribution in [2.45, 2.75) is 44.0 Å². The van der Waals surface area contributed by atoms with Crippen LogP contribution in [0.3, 0.4) is 0 Å². The summed E-state index contributed by atoms with van der Waals surface area (Å²) in [6, 6.07) is 1.69. The van der Waals surface area contributed by atoms with E-state index in [4.69, 9.17) is 0 Å². The first-order valence-electron chi connectivity index (χ1n) is 5.94. The van der Waals surface area contributed by atoms with Gasteiger partial charge in [-0.25, -0.2) is 4.98 Å². The van der Waals surface area contributed by atoms with Crippen LogP contribution in [0.5, 0.6) is 0 Å². The molecule has 1 saturated carbocycles. The van der Waals surface area contributed by atoms with Crippen molar-refractivity contribution in [3.63, 3.8) is 0 Å². The molecular weight excluding hydrogens is 245 g/mol. The number of aliphatic hydroxyl groups is 1. The Labute approximate surface area is 103 Å². The fraction of sp³-hybridized carbons (Fsp3) is 0.583. The smallest absolute Gasteiger partial charge is 0.391 e. The third kappa shape index (κ3) is 3.13. The van der Waals surface area contributed by atoms with Crippen LogP contribution in [0, 0.1) is 0 Å². The lowest BCUT2D eigenvalue weighted by atomic mass is 9.92. The van der Waals surface area contributed by atoms with Crippen molar-refractivity contribution in [3.8, 4) is 0 Å². The van der Waals surface area contributed by atoms with Gasteiger partial charge in [-0.2, -0.15) is 13.2 Å². The molecule has 0 aliphatic heterocycles. The number of hydrogen-bond acceptors (Lipinski definition) is 3. The zero-order valence-corrected chi connectivity index (χ0v) is 9.74. The van der Waals surface area contributed by atoms with Crippen molar-refractivity contribution < 1.29 is 18.3 Å². The first-order valence-corrected chi connectivity index (χ1v) is 5.94. The molecule has 3 nitrogen and oxygen atoms in total. The van der Waals surface area contributed by atoms with E-state index in [1.54, 1.807) is 0 Å². The second-order valence-corrected chi connectivity index (χ2v) is 4.53. The van der Waals surface area contributed by atoms with Gasteiger partial charge in [-0.05, 0) is 25.0 Å². The van der Waals surface area contributed by atoms with Gasteiger partial charge in [0, 0.05) is 6.20 Å². The predicted octanol–water partition coefficient (Wildman–Crippen LogP) is 2.82. The normalized spacial score (nSPS) is 24.9. The van der Waals surface area contributed by atoms with Gasteiger partial charge >= 0.3 is 6.18 Å². The Bertz CT molecular complexity index is 409. The van der Waals surface area contributed by atoms with Gasteiger partial charge in [-0.1, -0.05) is 12.8 Å². The van der Waals surface area contributed by atoms with Crippen LogP contribution >= 0.6 is 0 Å². The third-order valence-corrected chi connectivity index (χ3v) is 3.15. The van der Waals surface area contributed by atoms with E-state index in [2.05, 4.69) is 10.3 Å². The molecule has 0 radical (unpaired) electrons. The van der Waals surface area contributed by atoms with Gasteiger partial charge in [-0.3, -0.25) is 0 Å². The Morgan fingerprint density at radius 2 is 2.00 bits per heavy atom. The van der Waals surface area contributed by atoms with Crippen LogP contribution in [0.25, 0.3) is 0 Å². The first-order chi connectivity index (χ1) is 8.47. The first kappa shape index (κ1) is 13.1. The van der Waals surface area contributed by atoms with Crippen LogP contribution in [-0.2, 0) is 6.18 Å². The molecule has 18 heavy (non-hydrogen) atoms. The Balaban J connectivity index is 2.09. The van der Waals surface area contributed by atoms with Gasteiger partial charge in [0.2, 0.25) is 0 Å². The lowest BCUT2D eigenvalue weighted by molar-refractivity contribution is -0.137. The van der Waals surface area contributed by atoms with Crippen molar-refractivity contribution >= 4 is 5.82 Å². The minimum absolute atomic E-state index is 0.163. The fourth-order valence-electron chi connectivity index (χ4n) is 2.16. The monoisotopic (exact) mass is 260 g/mol. The molecular formula is C12H15F3N2O. The second kappa shape index (κ2) is 5.14. The molecule has 1 fully saturated rings. The van der Waals surface area contributed by atoms with Gasteiger partial charge in [-0.15, -0.1) is 0 Å². The topological polar surface area (TPSA) is 45.1 Å². The van der Waals surface area contributed by atoms with E-state index in [0.29, 0.717) is 6.42 Å². The van der Waals surface area contributed by atoms with Gasteiger partial charge in [0.1, 0.15) is 5.82 Å². The summed E-state index contributed by atoms with van der Waals surface area (Å²) in [7, 11) is 0. The van der Waals surface area contributed by atoms with E-state index in [-0.39, 0.29) is 11.9 Å². The fourth-order valence-corrected chi connectivity index (χ4v) is 2.16. The molecule has 1 aromatic heterocycles. The van der Waals surface area contributed by atoms with Gasteiger partial charge in [0.25, 0.3) is 0 Å². The number of alkyl halides is 3. The van der Waals surface area contributed by atoms with Crippen LogP contribution in [0.4, 0.5) is 19.0 Å². The number of nitrogens with zero attached hydrogens (tertiary/aromatic N) is 1. The summed E-state index contributed by atoms with van der Waals surface area (Å²) in [6.45, 7) is 0.